The lowest BCUT2D eigenvalue weighted by atomic mass is 10.1. The molecule has 1 aromatic carbocycles. The number of nitrogens with zero attached hydrogens (tertiary/aromatic N) is 4. The molecule has 0 unspecified atom stereocenters. The molecule has 7 nitrogen and oxygen atoms in total. The van der Waals surface area contributed by atoms with E-state index in [1.807, 2.05) is 29.2 Å². The van der Waals surface area contributed by atoms with Crippen LogP contribution in [0.3, 0.4) is 0 Å². The molecule has 0 N–H and O–H groups in total. The van der Waals surface area contributed by atoms with Gasteiger partial charge < -0.3 is 14.5 Å². The highest BCUT2D eigenvalue weighted by molar-refractivity contribution is 5.92. The molecule has 0 atom stereocenters. The Bertz CT molecular complexity index is 782. The Hall–Kier alpha value is -2.96. The molecule has 1 aromatic heterocycles. The van der Waals surface area contributed by atoms with Crippen molar-refractivity contribution in [2.45, 2.75) is 19.3 Å². The number of carbonyl (C=O) groups excluding carboxylic acids is 2. The molecule has 3 rings (SSSR count). The summed E-state index contributed by atoms with van der Waals surface area (Å²) < 4.78 is 5.22. The van der Waals surface area contributed by atoms with Gasteiger partial charge in [-0.1, -0.05) is 12.1 Å². The number of hydrogen-bond acceptors (Lipinski definition) is 5. The van der Waals surface area contributed by atoms with Crippen LogP contribution in [0.2, 0.25) is 0 Å². The fourth-order valence-electron chi connectivity index (χ4n) is 3.18. The van der Waals surface area contributed by atoms with Crippen LogP contribution in [0.1, 0.15) is 28.9 Å². The average Bonchev–Trinajstić information content (AvgIpc) is 2.98. The predicted molar refractivity (Wildman–Crippen MR) is 100 cm³/mol. The first-order chi connectivity index (χ1) is 13.2. The van der Waals surface area contributed by atoms with Crippen molar-refractivity contribution in [1.29, 1.82) is 0 Å². The first-order valence-corrected chi connectivity index (χ1v) is 9.13. The summed E-state index contributed by atoms with van der Waals surface area (Å²) in [6, 6.07) is 7.78. The van der Waals surface area contributed by atoms with E-state index in [0.717, 1.165) is 17.7 Å². The quantitative estimate of drug-likeness (QED) is 0.804. The number of benzene rings is 1. The third-order valence-corrected chi connectivity index (χ3v) is 4.68. The molecule has 0 bridgehead atoms. The minimum atomic E-state index is -0.131. The molecule has 2 aromatic rings. The van der Waals surface area contributed by atoms with Gasteiger partial charge in [0.2, 0.25) is 5.91 Å². The smallest absolute Gasteiger partial charge is 0.274 e. The van der Waals surface area contributed by atoms with Crippen LogP contribution in [0.15, 0.2) is 42.9 Å². The van der Waals surface area contributed by atoms with Crippen LogP contribution in [-0.2, 0) is 11.2 Å². The summed E-state index contributed by atoms with van der Waals surface area (Å²) in [5, 5.41) is 0. The van der Waals surface area contributed by atoms with Crippen LogP contribution >= 0.6 is 0 Å². The third-order valence-electron chi connectivity index (χ3n) is 4.68. The van der Waals surface area contributed by atoms with Crippen LogP contribution in [0, 0.1) is 0 Å². The average molecular weight is 368 g/mol. The number of aromatic nitrogens is 2. The van der Waals surface area contributed by atoms with Gasteiger partial charge in [-0.2, -0.15) is 0 Å². The van der Waals surface area contributed by atoms with Gasteiger partial charge in [-0.15, -0.1) is 0 Å². The Kier molecular flexibility index (Phi) is 6.35. The molecule has 7 heteroatoms. The Morgan fingerprint density at radius 1 is 1.11 bits per heavy atom. The molecule has 0 aliphatic carbocycles. The fourth-order valence-corrected chi connectivity index (χ4v) is 3.18. The van der Waals surface area contributed by atoms with Gasteiger partial charge in [-0.3, -0.25) is 14.6 Å². The third kappa shape index (κ3) is 5.03. The largest absolute Gasteiger partial charge is 0.497 e. The zero-order chi connectivity index (χ0) is 19.1. The van der Waals surface area contributed by atoms with Crippen molar-refractivity contribution in [1.82, 2.24) is 19.8 Å². The SMILES string of the molecule is COc1cccc(CCC(=O)N2CCCN(C(=O)c3cnccn3)CC2)c1. The van der Waals surface area contributed by atoms with E-state index in [2.05, 4.69) is 9.97 Å². The van der Waals surface area contributed by atoms with Crippen LogP contribution in [-0.4, -0.2) is 64.9 Å². The molecule has 0 radical (unpaired) electrons. The van der Waals surface area contributed by atoms with E-state index in [0.29, 0.717) is 44.7 Å². The standard InChI is InChI=1S/C20H24N4O3/c1-27-17-5-2-4-16(14-17)6-7-19(25)23-10-3-11-24(13-12-23)20(26)18-15-21-8-9-22-18/h2,4-5,8-9,14-15H,3,6-7,10-13H2,1H3. The summed E-state index contributed by atoms with van der Waals surface area (Å²) in [6.45, 7) is 2.35. The lowest BCUT2D eigenvalue weighted by molar-refractivity contribution is -0.131. The summed E-state index contributed by atoms with van der Waals surface area (Å²) in [4.78, 5) is 36.7. The maximum Gasteiger partial charge on any atom is 0.274 e. The highest BCUT2D eigenvalue weighted by Gasteiger charge is 2.23. The minimum absolute atomic E-state index is 0.117. The van der Waals surface area contributed by atoms with Crippen molar-refractivity contribution >= 4 is 11.8 Å². The van der Waals surface area contributed by atoms with Gasteiger partial charge in [0.05, 0.1) is 13.3 Å². The maximum absolute atomic E-state index is 12.6. The molecule has 1 aliphatic heterocycles. The van der Waals surface area contributed by atoms with Gasteiger partial charge in [0.1, 0.15) is 11.4 Å². The number of hydrogen-bond donors (Lipinski definition) is 0. The second kappa shape index (κ2) is 9.12. The molecule has 1 fully saturated rings. The second-order valence-corrected chi connectivity index (χ2v) is 6.47. The summed E-state index contributed by atoms with van der Waals surface area (Å²) in [5.74, 6) is 0.785. The number of aryl methyl sites for hydroxylation is 1. The number of carbonyl (C=O) groups is 2. The zero-order valence-corrected chi connectivity index (χ0v) is 15.5. The topological polar surface area (TPSA) is 75.6 Å². The monoisotopic (exact) mass is 368 g/mol. The van der Waals surface area contributed by atoms with Crippen LogP contribution < -0.4 is 4.74 Å². The normalized spacial score (nSPS) is 14.6. The van der Waals surface area contributed by atoms with Gasteiger partial charge >= 0.3 is 0 Å². The van der Waals surface area contributed by atoms with Crippen LogP contribution in [0.4, 0.5) is 0 Å². The van der Waals surface area contributed by atoms with Gasteiger partial charge in [-0.25, -0.2) is 4.98 Å². The van der Waals surface area contributed by atoms with Crippen molar-refractivity contribution in [3.8, 4) is 5.75 Å². The number of ether oxygens (including phenoxy) is 1. The van der Waals surface area contributed by atoms with E-state index in [-0.39, 0.29) is 11.8 Å². The van der Waals surface area contributed by atoms with Crippen molar-refractivity contribution < 1.29 is 14.3 Å². The van der Waals surface area contributed by atoms with Crippen molar-refractivity contribution in [2.24, 2.45) is 0 Å². The molecule has 1 saturated heterocycles. The minimum Gasteiger partial charge on any atom is -0.497 e. The van der Waals surface area contributed by atoms with Crippen LogP contribution in [0.25, 0.3) is 0 Å². The van der Waals surface area contributed by atoms with Gasteiger partial charge in [-0.05, 0) is 30.5 Å². The van der Waals surface area contributed by atoms with Crippen molar-refractivity contribution in [3.05, 3.63) is 54.1 Å². The second-order valence-electron chi connectivity index (χ2n) is 6.47. The summed E-state index contributed by atoms with van der Waals surface area (Å²) >= 11 is 0. The van der Waals surface area contributed by atoms with E-state index >= 15 is 0 Å². The molecular weight excluding hydrogens is 344 g/mol. The Labute approximate surface area is 159 Å². The molecule has 2 heterocycles. The van der Waals surface area contributed by atoms with E-state index in [1.165, 1.54) is 12.4 Å². The lowest BCUT2D eigenvalue weighted by Gasteiger charge is -2.22. The Balaban J connectivity index is 1.52. The Morgan fingerprint density at radius 2 is 1.93 bits per heavy atom. The molecule has 2 amide bonds. The lowest BCUT2D eigenvalue weighted by Crippen LogP contribution is -2.37. The highest BCUT2D eigenvalue weighted by atomic mass is 16.5. The Morgan fingerprint density at radius 3 is 2.70 bits per heavy atom. The van der Waals surface area contributed by atoms with Crippen molar-refractivity contribution in [3.63, 3.8) is 0 Å². The predicted octanol–water partition coefficient (Wildman–Crippen LogP) is 1.79. The number of amides is 2. The molecule has 27 heavy (non-hydrogen) atoms. The number of rotatable bonds is 5. The molecular formula is C20H24N4O3. The maximum atomic E-state index is 12.6. The fraction of sp³-hybridized carbons (Fsp3) is 0.400. The molecule has 142 valence electrons. The highest BCUT2D eigenvalue weighted by Crippen LogP contribution is 2.15. The first-order valence-electron chi connectivity index (χ1n) is 9.13. The van der Waals surface area contributed by atoms with Gasteiger partial charge in [0, 0.05) is 45.0 Å². The van der Waals surface area contributed by atoms with E-state index in [9.17, 15) is 9.59 Å². The van der Waals surface area contributed by atoms with Gasteiger partial charge in [0.15, 0.2) is 0 Å². The molecule has 0 spiro atoms. The van der Waals surface area contributed by atoms with Crippen molar-refractivity contribution in [2.75, 3.05) is 33.3 Å². The van der Waals surface area contributed by atoms with Crippen LogP contribution in [0.5, 0.6) is 5.75 Å². The number of methoxy groups -OCH3 is 1. The summed E-state index contributed by atoms with van der Waals surface area (Å²) in [6.07, 6.45) is 6.42. The van der Waals surface area contributed by atoms with E-state index in [1.54, 1.807) is 18.2 Å². The van der Waals surface area contributed by atoms with Gasteiger partial charge in [0.25, 0.3) is 5.91 Å². The first kappa shape index (κ1) is 18.8. The zero-order valence-electron chi connectivity index (χ0n) is 15.5. The molecule has 1 aliphatic rings. The summed E-state index contributed by atoms with van der Waals surface area (Å²) in [7, 11) is 1.63. The van der Waals surface area contributed by atoms with E-state index < -0.39 is 0 Å². The summed E-state index contributed by atoms with van der Waals surface area (Å²) in [5.41, 5.74) is 1.42. The molecule has 0 saturated carbocycles. The van der Waals surface area contributed by atoms with E-state index in [4.69, 9.17) is 4.74 Å².